The zero-order valence-corrected chi connectivity index (χ0v) is 10.8. The number of rotatable bonds is 1. The highest BCUT2D eigenvalue weighted by molar-refractivity contribution is 5.89. The van der Waals surface area contributed by atoms with Gasteiger partial charge in [-0.25, -0.2) is 4.79 Å². The van der Waals surface area contributed by atoms with E-state index in [2.05, 4.69) is 4.99 Å². The number of nitrogens with zero attached hydrogens (tertiary/aromatic N) is 1. The number of halogens is 3. The zero-order valence-electron chi connectivity index (χ0n) is 10.8. The lowest BCUT2D eigenvalue weighted by molar-refractivity contribution is -0.137. The standard InChI is InChI=1S/C13H14F3NO2/c1-12(2,3)19-11(18)17-8-9-5-4-6-10(7-9)13(14,15)16/h4-8H,1-3H3. The molecule has 0 bridgehead atoms. The summed E-state index contributed by atoms with van der Waals surface area (Å²) >= 11 is 0. The maximum absolute atomic E-state index is 12.5. The number of carbonyl (C=O) groups excluding carboxylic acids is 1. The van der Waals surface area contributed by atoms with E-state index in [1.165, 1.54) is 12.1 Å². The predicted molar refractivity (Wildman–Crippen MR) is 65.3 cm³/mol. The minimum absolute atomic E-state index is 0.181. The third kappa shape index (κ3) is 5.54. The molecule has 1 rings (SSSR count). The summed E-state index contributed by atoms with van der Waals surface area (Å²) in [5, 5.41) is 0. The largest absolute Gasteiger partial charge is 0.442 e. The van der Waals surface area contributed by atoms with Gasteiger partial charge in [-0.2, -0.15) is 18.2 Å². The van der Waals surface area contributed by atoms with Gasteiger partial charge in [-0.3, -0.25) is 0 Å². The minimum Gasteiger partial charge on any atom is -0.442 e. The Bertz CT molecular complexity index is 487. The average Bonchev–Trinajstić information content (AvgIpc) is 2.23. The molecule has 0 spiro atoms. The number of alkyl halides is 3. The van der Waals surface area contributed by atoms with Crippen LogP contribution >= 0.6 is 0 Å². The van der Waals surface area contributed by atoms with Crippen molar-refractivity contribution >= 4 is 12.3 Å². The molecule has 104 valence electrons. The molecule has 0 saturated heterocycles. The Morgan fingerprint density at radius 2 is 1.89 bits per heavy atom. The van der Waals surface area contributed by atoms with Crippen molar-refractivity contribution in [1.82, 2.24) is 0 Å². The SMILES string of the molecule is CC(C)(C)OC(=O)N=Cc1cccc(C(F)(F)F)c1. The second kappa shape index (κ2) is 5.42. The Balaban J connectivity index is 2.80. The molecule has 0 aromatic heterocycles. The van der Waals surface area contributed by atoms with E-state index in [0.717, 1.165) is 18.3 Å². The molecule has 0 aliphatic carbocycles. The lowest BCUT2D eigenvalue weighted by Crippen LogP contribution is -2.21. The summed E-state index contributed by atoms with van der Waals surface area (Å²) in [4.78, 5) is 14.7. The Labute approximate surface area is 109 Å². The van der Waals surface area contributed by atoms with Crippen LogP contribution in [0.4, 0.5) is 18.0 Å². The molecular weight excluding hydrogens is 259 g/mol. The Morgan fingerprint density at radius 3 is 2.42 bits per heavy atom. The maximum Gasteiger partial charge on any atom is 0.434 e. The van der Waals surface area contributed by atoms with Gasteiger partial charge in [0.05, 0.1) is 5.56 Å². The van der Waals surface area contributed by atoms with Gasteiger partial charge in [-0.1, -0.05) is 12.1 Å². The Kier molecular flexibility index (Phi) is 4.34. The molecule has 0 atom stereocenters. The maximum atomic E-state index is 12.5. The topological polar surface area (TPSA) is 38.7 Å². The van der Waals surface area contributed by atoms with Crippen LogP contribution in [0, 0.1) is 0 Å². The summed E-state index contributed by atoms with van der Waals surface area (Å²) in [6, 6.07) is 4.53. The first-order valence-corrected chi connectivity index (χ1v) is 5.52. The van der Waals surface area contributed by atoms with Gasteiger partial charge in [0.25, 0.3) is 0 Å². The minimum atomic E-state index is -4.42. The molecule has 0 aliphatic heterocycles. The molecule has 0 saturated carbocycles. The third-order valence-electron chi connectivity index (χ3n) is 1.93. The van der Waals surface area contributed by atoms with Crippen LogP contribution in [-0.2, 0) is 10.9 Å². The van der Waals surface area contributed by atoms with E-state index < -0.39 is 23.4 Å². The van der Waals surface area contributed by atoms with E-state index >= 15 is 0 Å². The highest BCUT2D eigenvalue weighted by Gasteiger charge is 2.30. The van der Waals surface area contributed by atoms with Crippen molar-refractivity contribution in [1.29, 1.82) is 0 Å². The first-order valence-electron chi connectivity index (χ1n) is 5.52. The second-order valence-electron chi connectivity index (χ2n) is 4.86. The van der Waals surface area contributed by atoms with E-state index in [0.29, 0.717) is 0 Å². The van der Waals surface area contributed by atoms with Crippen molar-refractivity contribution in [2.45, 2.75) is 32.5 Å². The molecule has 0 fully saturated rings. The molecule has 1 aromatic rings. The first-order chi connectivity index (χ1) is 8.58. The zero-order chi connectivity index (χ0) is 14.7. The van der Waals surface area contributed by atoms with Crippen molar-refractivity contribution in [2.75, 3.05) is 0 Å². The van der Waals surface area contributed by atoms with E-state index in [9.17, 15) is 18.0 Å². The normalized spacial score (nSPS) is 12.7. The molecule has 0 unspecified atom stereocenters. The van der Waals surface area contributed by atoms with Gasteiger partial charge in [0.2, 0.25) is 0 Å². The van der Waals surface area contributed by atoms with Gasteiger partial charge in [0, 0.05) is 6.21 Å². The van der Waals surface area contributed by atoms with Crippen LogP contribution in [0.3, 0.4) is 0 Å². The van der Waals surface area contributed by atoms with Crippen LogP contribution in [-0.4, -0.2) is 17.9 Å². The van der Waals surface area contributed by atoms with Gasteiger partial charge in [-0.05, 0) is 38.5 Å². The van der Waals surface area contributed by atoms with Crippen LogP contribution in [0.2, 0.25) is 0 Å². The van der Waals surface area contributed by atoms with Crippen molar-refractivity contribution in [2.24, 2.45) is 4.99 Å². The lowest BCUT2D eigenvalue weighted by atomic mass is 10.1. The van der Waals surface area contributed by atoms with Gasteiger partial charge in [0.1, 0.15) is 5.60 Å². The van der Waals surface area contributed by atoms with Crippen LogP contribution in [0.15, 0.2) is 29.3 Å². The van der Waals surface area contributed by atoms with Crippen molar-refractivity contribution < 1.29 is 22.7 Å². The van der Waals surface area contributed by atoms with E-state index in [-0.39, 0.29) is 5.56 Å². The van der Waals surface area contributed by atoms with Crippen LogP contribution in [0.25, 0.3) is 0 Å². The number of hydrogen-bond acceptors (Lipinski definition) is 2. The fourth-order valence-corrected chi connectivity index (χ4v) is 1.21. The van der Waals surface area contributed by atoms with Crippen molar-refractivity contribution in [3.63, 3.8) is 0 Å². The molecule has 0 heterocycles. The molecule has 1 amide bonds. The molecule has 19 heavy (non-hydrogen) atoms. The Morgan fingerprint density at radius 1 is 1.26 bits per heavy atom. The Hall–Kier alpha value is -1.85. The smallest absolute Gasteiger partial charge is 0.434 e. The quantitative estimate of drug-likeness (QED) is 0.724. The molecular formula is C13H14F3NO2. The lowest BCUT2D eigenvalue weighted by Gasteiger charge is -2.17. The summed E-state index contributed by atoms with van der Waals surface area (Å²) in [5.74, 6) is 0. The van der Waals surface area contributed by atoms with Gasteiger partial charge >= 0.3 is 12.3 Å². The molecule has 6 heteroatoms. The fraction of sp³-hybridized carbons (Fsp3) is 0.385. The van der Waals surface area contributed by atoms with Gasteiger partial charge < -0.3 is 4.74 Å². The highest BCUT2D eigenvalue weighted by atomic mass is 19.4. The summed E-state index contributed by atoms with van der Waals surface area (Å²) in [5.41, 5.74) is -1.30. The molecule has 0 aliphatic rings. The third-order valence-corrected chi connectivity index (χ3v) is 1.93. The number of aliphatic imine (C=N–C) groups is 1. The van der Waals surface area contributed by atoms with Crippen LogP contribution < -0.4 is 0 Å². The van der Waals surface area contributed by atoms with Gasteiger partial charge in [0.15, 0.2) is 0 Å². The number of carbonyl (C=O) groups is 1. The molecule has 1 aromatic carbocycles. The fourth-order valence-electron chi connectivity index (χ4n) is 1.21. The van der Waals surface area contributed by atoms with Crippen LogP contribution in [0.5, 0.6) is 0 Å². The van der Waals surface area contributed by atoms with E-state index in [4.69, 9.17) is 4.74 Å². The van der Waals surface area contributed by atoms with Crippen molar-refractivity contribution in [3.8, 4) is 0 Å². The first kappa shape index (κ1) is 15.2. The van der Waals surface area contributed by atoms with E-state index in [1.54, 1.807) is 20.8 Å². The number of hydrogen-bond donors (Lipinski definition) is 0. The summed E-state index contributed by atoms with van der Waals surface area (Å²) in [6.45, 7) is 5.01. The van der Waals surface area contributed by atoms with Crippen molar-refractivity contribution in [3.05, 3.63) is 35.4 Å². The summed E-state index contributed by atoms with van der Waals surface area (Å²) in [7, 11) is 0. The number of amides is 1. The average molecular weight is 273 g/mol. The molecule has 0 N–H and O–H groups in total. The summed E-state index contributed by atoms with van der Waals surface area (Å²) < 4.78 is 42.3. The number of benzene rings is 1. The van der Waals surface area contributed by atoms with Crippen LogP contribution in [0.1, 0.15) is 31.9 Å². The molecule has 3 nitrogen and oxygen atoms in total. The molecule has 0 radical (unpaired) electrons. The van der Waals surface area contributed by atoms with Gasteiger partial charge in [-0.15, -0.1) is 0 Å². The van der Waals surface area contributed by atoms with E-state index in [1.807, 2.05) is 0 Å². The summed E-state index contributed by atoms with van der Waals surface area (Å²) in [6.07, 6.45) is -4.22. The highest BCUT2D eigenvalue weighted by Crippen LogP contribution is 2.29. The second-order valence-corrected chi connectivity index (χ2v) is 4.86. The number of ether oxygens (including phenoxy) is 1. The predicted octanol–water partition coefficient (Wildman–Crippen LogP) is 4.06. The monoisotopic (exact) mass is 273 g/mol.